The molecule has 0 heterocycles. The van der Waals surface area contributed by atoms with Gasteiger partial charge in [-0.05, 0) is 37.6 Å². The van der Waals surface area contributed by atoms with Crippen LogP contribution >= 0.6 is 0 Å². The fourth-order valence-corrected chi connectivity index (χ4v) is 1.41. The molecule has 0 radical (unpaired) electrons. The SMILES string of the molecule is CC(C)OCCNCc1cc(F)ccc1C#N. The molecule has 0 aliphatic heterocycles. The first-order valence-electron chi connectivity index (χ1n) is 5.64. The van der Waals surface area contributed by atoms with Crippen LogP contribution in [0.1, 0.15) is 25.0 Å². The fraction of sp³-hybridized carbons (Fsp3) is 0.462. The van der Waals surface area contributed by atoms with E-state index in [1.807, 2.05) is 19.9 Å². The van der Waals surface area contributed by atoms with Gasteiger partial charge in [-0.15, -0.1) is 0 Å². The first-order chi connectivity index (χ1) is 8.13. The quantitative estimate of drug-likeness (QED) is 0.770. The van der Waals surface area contributed by atoms with Crippen molar-refractivity contribution in [1.82, 2.24) is 5.32 Å². The van der Waals surface area contributed by atoms with Crippen LogP contribution in [0.3, 0.4) is 0 Å². The van der Waals surface area contributed by atoms with Crippen LogP contribution in [-0.4, -0.2) is 19.3 Å². The zero-order chi connectivity index (χ0) is 12.7. The molecule has 0 atom stereocenters. The molecule has 4 heteroatoms. The summed E-state index contributed by atoms with van der Waals surface area (Å²) in [7, 11) is 0. The highest BCUT2D eigenvalue weighted by molar-refractivity contribution is 5.37. The van der Waals surface area contributed by atoms with Gasteiger partial charge in [-0.1, -0.05) is 0 Å². The second-order valence-corrected chi connectivity index (χ2v) is 4.01. The summed E-state index contributed by atoms with van der Waals surface area (Å²) in [4.78, 5) is 0. The van der Waals surface area contributed by atoms with E-state index in [0.717, 1.165) is 0 Å². The fourth-order valence-electron chi connectivity index (χ4n) is 1.41. The molecule has 0 unspecified atom stereocenters. The highest BCUT2D eigenvalue weighted by Crippen LogP contribution is 2.09. The van der Waals surface area contributed by atoms with Gasteiger partial charge in [0.1, 0.15) is 5.82 Å². The van der Waals surface area contributed by atoms with Crippen LogP contribution in [-0.2, 0) is 11.3 Å². The predicted molar refractivity (Wildman–Crippen MR) is 63.9 cm³/mol. The Kier molecular flexibility index (Phi) is 5.61. The maximum atomic E-state index is 13.0. The van der Waals surface area contributed by atoms with Gasteiger partial charge in [-0.25, -0.2) is 4.39 Å². The minimum Gasteiger partial charge on any atom is -0.377 e. The lowest BCUT2D eigenvalue weighted by atomic mass is 10.1. The normalized spacial score (nSPS) is 10.5. The Hall–Kier alpha value is -1.44. The molecule has 1 aromatic rings. The molecule has 0 saturated heterocycles. The predicted octanol–water partition coefficient (Wildman–Crippen LogP) is 2.21. The first-order valence-corrected chi connectivity index (χ1v) is 5.64. The number of nitrogens with zero attached hydrogens (tertiary/aromatic N) is 1. The van der Waals surface area contributed by atoms with Crippen LogP contribution in [0.15, 0.2) is 18.2 Å². The van der Waals surface area contributed by atoms with Crippen molar-refractivity contribution in [3.63, 3.8) is 0 Å². The van der Waals surface area contributed by atoms with Crippen LogP contribution in [0.4, 0.5) is 4.39 Å². The number of halogens is 1. The summed E-state index contributed by atoms with van der Waals surface area (Å²) in [5.74, 6) is -0.320. The van der Waals surface area contributed by atoms with E-state index in [1.165, 1.54) is 18.2 Å². The number of benzene rings is 1. The molecule has 0 saturated carbocycles. The number of ether oxygens (including phenoxy) is 1. The molecular formula is C13H17FN2O. The van der Waals surface area contributed by atoms with Crippen molar-refractivity contribution in [3.05, 3.63) is 35.1 Å². The number of nitrogens with one attached hydrogen (secondary N) is 1. The van der Waals surface area contributed by atoms with E-state index in [1.54, 1.807) is 0 Å². The molecule has 0 aliphatic rings. The maximum absolute atomic E-state index is 13.0. The van der Waals surface area contributed by atoms with Crippen LogP contribution in [0, 0.1) is 17.1 Å². The van der Waals surface area contributed by atoms with Gasteiger partial charge in [0.15, 0.2) is 0 Å². The molecule has 1 aromatic carbocycles. The Morgan fingerprint density at radius 3 is 2.88 bits per heavy atom. The summed E-state index contributed by atoms with van der Waals surface area (Å²) in [5.41, 5.74) is 1.18. The minimum absolute atomic E-state index is 0.209. The van der Waals surface area contributed by atoms with E-state index in [2.05, 4.69) is 5.32 Å². The molecule has 0 fully saturated rings. The molecule has 92 valence electrons. The van der Waals surface area contributed by atoms with Crippen molar-refractivity contribution in [2.45, 2.75) is 26.5 Å². The van der Waals surface area contributed by atoms with E-state index in [0.29, 0.717) is 30.8 Å². The second-order valence-electron chi connectivity index (χ2n) is 4.01. The Labute approximate surface area is 101 Å². The van der Waals surface area contributed by atoms with Crippen molar-refractivity contribution in [3.8, 4) is 6.07 Å². The van der Waals surface area contributed by atoms with Gasteiger partial charge < -0.3 is 10.1 Å². The average molecular weight is 236 g/mol. The third kappa shape index (κ3) is 4.94. The Balaban J connectivity index is 2.41. The van der Waals surface area contributed by atoms with E-state index in [-0.39, 0.29) is 11.9 Å². The van der Waals surface area contributed by atoms with Gasteiger partial charge in [0, 0.05) is 13.1 Å². The lowest BCUT2D eigenvalue weighted by molar-refractivity contribution is 0.0807. The zero-order valence-electron chi connectivity index (χ0n) is 10.2. The third-order valence-corrected chi connectivity index (χ3v) is 2.23. The minimum atomic E-state index is -0.320. The number of hydrogen-bond acceptors (Lipinski definition) is 3. The van der Waals surface area contributed by atoms with Crippen LogP contribution in [0.25, 0.3) is 0 Å². The highest BCUT2D eigenvalue weighted by Gasteiger charge is 2.03. The Morgan fingerprint density at radius 1 is 1.47 bits per heavy atom. The van der Waals surface area contributed by atoms with E-state index in [4.69, 9.17) is 10.00 Å². The van der Waals surface area contributed by atoms with Crippen LogP contribution in [0.5, 0.6) is 0 Å². The Bertz CT molecular complexity index is 399. The zero-order valence-corrected chi connectivity index (χ0v) is 10.2. The molecule has 1 rings (SSSR count). The van der Waals surface area contributed by atoms with Gasteiger partial charge in [-0.2, -0.15) is 5.26 Å². The summed E-state index contributed by atoms with van der Waals surface area (Å²) in [5, 5.41) is 12.0. The first kappa shape index (κ1) is 13.6. The monoisotopic (exact) mass is 236 g/mol. The molecular weight excluding hydrogens is 219 g/mol. The van der Waals surface area contributed by atoms with E-state index >= 15 is 0 Å². The largest absolute Gasteiger partial charge is 0.377 e. The number of nitriles is 1. The molecule has 0 amide bonds. The molecule has 1 N–H and O–H groups in total. The molecule has 0 aromatic heterocycles. The lowest BCUT2D eigenvalue weighted by Gasteiger charge is -2.09. The van der Waals surface area contributed by atoms with Gasteiger partial charge in [0.25, 0.3) is 0 Å². The van der Waals surface area contributed by atoms with Gasteiger partial charge >= 0.3 is 0 Å². The summed E-state index contributed by atoms with van der Waals surface area (Å²) in [6.07, 6.45) is 0.209. The van der Waals surface area contributed by atoms with Crippen LogP contribution in [0.2, 0.25) is 0 Å². The molecule has 17 heavy (non-hydrogen) atoms. The van der Waals surface area contributed by atoms with Crippen LogP contribution < -0.4 is 5.32 Å². The third-order valence-electron chi connectivity index (χ3n) is 2.23. The van der Waals surface area contributed by atoms with Crippen molar-refractivity contribution >= 4 is 0 Å². The average Bonchev–Trinajstić information content (AvgIpc) is 2.28. The van der Waals surface area contributed by atoms with Gasteiger partial charge in [0.2, 0.25) is 0 Å². The van der Waals surface area contributed by atoms with Crippen molar-refractivity contribution in [2.75, 3.05) is 13.2 Å². The molecule has 0 aliphatic carbocycles. The lowest BCUT2D eigenvalue weighted by Crippen LogP contribution is -2.21. The molecule has 3 nitrogen and oxygen atoms in total. The summed E-state index contributed by atoms with van der Waals surface area (Å²) in [6, 6.07) is 6.22. The summed E-state index contributed by atoms with van der Waals surface area (Å²) >= 11 is 0. The standard InChI is InChI=1S/C13H17FN2O/c1-10(2)17-6-5-16-9-12-7-13(14)4-3-11(12)8-15/h3-4,7,10,16H,5-6,9H2,1-2H3. The highest BCUT2D eigenvalue weighted by atomic mass is 19.1. The molecule has 0 spiro atoms. The number of hydrogen-bond donors (Lipinski definition) is 1. The van der Waals surface area contributed by atoms with Crippen molar-refractivity contribution in [2.24, 2.45) is 0 Å². The number of rotatable bonds is 6. The van der Waals surface area contributed by atoms with E-state index < -0.39 is 0 Å². The molecule has 0 bridgehead atoms. The Morgan fingerprint density at radius 2 is 2.24 bits per heavy atom. The topological polar surface area (TPSA) is 45.0 Å². The summed E-state index contributed by atoms with van der Waals surface area (Å²) < 4.78 is 18.4. The summed E-state index contributed by atoms with van der Waals surface area (Å²) in [6.45, 7) is 5.71. The van der Waals surface area contributed by atoms with Crippen molar-refractivity contribution < 1.29 is 9.13 Å². The smallest absolute Gasteiger partial charge is 0.123 e. The second kappa shape index (κ2) is 7.00. The van der Waals surface area contributed by atoms with E-state index in [9.17, 15) is 4.39 Å². The van der Waals surface area contributed by atoms with Gasteiger partial charge in [-0.3, -0.25) is 0 Å². The van der Waals surface area contributed by atoms with Gasteiger partial charge in [0.05, 0.1) is 24.3 Å². The maximum Gasteiger partial charge on any atom is 0.123 e. The van der Waals surface area contributed by atoms with Crippen molar-refractivity contribution in [1.29, 1.82) is 5.26 Å².